The second-order valence-corrected chi connectivity index (χ2v) is 10.1. The molecule has 3 aromatic carbocycles. The lowest BCUT2D eigenvalue weighted by atomic mass is 10.1. The van der Waals surface area contributed by atoms with Crippen molar-refractivity contribution in [1.29, 1.82) is 0 Å². The maximum Gasteiger partial charge on any atom is 0.251 e. The number of carbonyl (C=O) groups is 1. The van der Waals surface area contributed by atoms with Gasteiger partial charge in [-0.15, -0.1) is 0 Å². The van der Waals surface area contributed by atoms with Crippen LogP contribution in [0.4, 0.5) is 11.4 Å². The first kappa shape index (κ1) is 25.3. The van der Waals surface area contributed by atoms with E-state index >= 15 is 0 Å². The topological polar surface area (TPSA) is 65.4 Å². The van der Waals surface area contributed by atoms with Gasteiger partial charge in [-0.2, -0.15) is 5.10 Å². The van der Waals surface area contributed by atoms with Gasteiger partial charge in [0.05, 0.1) is 28.1 Å². The minimum atomic E-state index is -0.0632. The predicted molar refractivity (Wildman–Crippen MR) is 151 cm³/mol. The zero-order valence-electron chi connectivity index (χ0n) is 21.4. The lowest BCUT2D eigenvalue weighted by Crippen LogP contribution is -2.36. The van der Waals surface area contributed by atoms with Gasteiger partial charge in [-0.25, -0.2) is 4.68 Å². The highest BCUT2D eigenvalue weighted by molar-refractivity contribution is 6.34. The van der Waals surface area contributed by atoms with E-state index in [0.717, 1.165) is 66.3 Å². The molecule has 0 saturated carbocycles. The quantitative estimate of drug-likeness (QED) is 0.358. The fraction of sp³-hybridized carbons (Fsp3) is 0.310. The molecule has 192 valence electrons. The van der Waals surface area contributed by atoms with Crippen molar-refractivity contribution in [3.63, 3.8) is 0 Å². The van der Waals surface area contributed by atoms with E-state index in [0.29, 0.717) is 17.1 Å². The van der Waals surface area contributed by atoms with Crippen LogP contribution in [-0.4, -0.2) is 71.8 Å². The highest BCUT2D eigenvalue weighted by atomic mass is 35.5. The normalized spacial score (nSPS) is 15.0. The molecule has 2 N–H and O–H groups in total. The number of anilines is 2. The van der Waals surface area contributed by atoms with Gasteiger partial charge in [0.1, 0.15) is 0 Å². The van der Waals surface area contributed by atoms with Crippen molar-refractivity contribution < 1.29 is 4.79 Å². The van der Waals surface area contributed by atoms with Crippen molar-refractivity contribution in [2.24, 2.45) is 0 Å². The molecule has 0 atom stereocenters. The molecule has 4 aromatic rings. The van der Waals surface area contributed by atoms with Gasteiger partial charge >= 0.3 is 0 Å². The van der Waals surface area contributed by atoms with Gasteiger partial charge in [0.15, 0.2) is 0 Å². The highest BCUT2D eigenvalue weighted by Crippen LogP contribution is 2.30. The van der Waals surface area contributed by atoms with Crippen molar-refractivity contribution in [3.8, 4) is 5.69 Å². The number of halogens is 1. The van der Waals surface area contributed by atoms with Crippen LogP contribution >= 0.6 is 11.6 Å². The van der Waals surface area contributed by atoms with Crippen molar-refractivity contribution >= 4 is 39.8 Å². The number of benzene rings is 3. The number of fused-ring (bicyclic) bond motifs is 1. The largest absolute Gasteiger partial charge is 0.354 e. The van der Waals surface area contributed by atoms with E-state index < -0.39 is 0 Å². The van der Waals surface area contributed by atoms with Crippen LogP contribution in [0.1, 0.15) is 22.3 Å². The molecular weight excluding hydrogens is 484 g/mol. The Morgan fingerprint density at radius 3 is 2.78 bits per heavy atom. The van der Waals surface area contributed by atoms with Gasteiger partial charge in [0.2, 0.25) is 0 Å². The molecule has 0 radical (unpaired) electrons. The van der Waals surface area contributed by atoms with E-state index in [1.165, 1.54) is 6.42 Å². The summed E-state index contributed by atoms with van der Waals surface area (Å²) >= 11 is 6.45. The Hall–Kier alpha value is -3.39. The third-order valence-corrected chi connectivity index (χ3v) is 7.42. The van der Waals surface area contributed by atoms with E-state index in [-0.39, 0.29) is 5.91 Å². The van der Waals surface area contributed by atoms with Gasteiger partial charge in [0, 0.05) is 42.8 Å². The third kappa shape index (κ3) is 5.96. The first-order valence-electron chi connectivity index (χ1n) is 12.8. The maximum absolute atomic E-state index is 12.9. The number of likely N-dealkylation sites (N-methyl/N-ethyl adjacent to an activating group) is 1. The molecule has 37 heavy (non-hydrogen) atoms. The number of carbonyl (C=O) groups excluding carboxylic acids is 1. The summed E-state index contributed by atoms with van der Waals surface area (Å²) in [7, 11) is 2.17. The number of aryl methyl sites for hydroxylation is 1. The maximum atomic E-state index is 12.9. The molecule has 2 heterocycles. The van der Waals surface area contributed by atoms with E-state index in [1.807, 2.05) is 72.4 Å². The molecule has 1 fully saturated rings. The van der Waals surface area contributed by atoms with Crippen LogP contribution < -0.4 is 10.6 Å². The second-order valence-electron chi connectivity index (χ2n) is 9.70. The lowest BCUT2D eigenvalue weighted by molar-refractivity contribution is 0.0948. The standard InChI is InChI=1S/C29H33ClN6O/c1-21-6-3-9-26(28(21)30)33-24-10-11-27-23(18-24)20-32-36(27)25-8-4-7-22(19-25)29(37)31-12-15-35-14-5-13-34(2)16-17-35/h3-4,6-11,18-20,33H,5,12-17H2,1-2H3,(H,31,37). The lowest BCUT2D eigenvalue weighted by Gasteiger charge is -2.20. The fourth-order valence-corrected chi connectivity index (χ4v) is 4.92. The smallest absolute Gasteiger partial charge is 0.251 e. The van der Waals surface area contributed by atoms with Gasteiger partial charge < -0.3 is 20.4 Å². The minimum absolute atomic E-state index is 0.0632. The molecule has 0 bridgehead atoms. The number of amides is 1. The molecule has 7 nitrogen and oxygen atoms in total. The first-order chi connectivity index (χ1) is 18.0. The van der Waals surface area contributed by atoms with Crippen LogP contribution in [0.25, 0.3) is 16.6 Å². The van der Waals surface area contributed by atoms with Gasteiger partial charge in [-0.05, 0) is 81.5 Å². The Kier molecular flexibility index (Phi) is 7.74. The number of hydrogen-bond donors (Lipinski definition) is 2. The molecule has 0 unspecified atom stereocenters. The van der Waals surface area contributed by atoms with Gasteiger partial charge in [0.25, 0.3) is 5.91 Å². The SMILES string of the molecule is Cc1cccc(Nc2ccc3c(cnn3-c3cccc(C(=O)NCCN4CCCN(C)CC4)c3)c2)c1Cl. The second kappa shape index (κ2) is 11.3. The van der Waals surface area contributed by atoms with E-state index in [9.17, 15) is 4.79 Å². The minimum Gasteiger partial charge on any atom is -0.354 e. The monoisotopic (exact) mass is 516 g/mol. The third-order valence-electron chi connectivity index (χ3n) is 6.92. The summed E-state index contributed by atoms with van der Waals surface area (Å²) < 4.78 is 1.86. The van der Waals surface area contributed by atoms with E-state index in [4.69, 9.17) is 11.6 Å². The van der Waals surface area contributed by atoms with Crippen LogP contribution in [0.15, 0.2) is 66.9 Å². The van der Waals surface area contributed by atoms with Crippen LogP contribution in [0, 0.1) is 6.92 Å². The van der Waals surface area contributed by atoms with Gasteiger partial charge in [-0.3, -0.25) is 4.79 Å². The Morgan fingerprint density at radius 1 is 1.03 bits per heavy atom. The van der Waals surface area contributed by atoms with Crippen molar-refractivity contribution in [1.82, 2.24) is 24.9 Å². The number of hydrogen-bond acceptors (Lipinski definition) is 5. The average molecular weight is 517 g/mol. The number of nitrogens with one attached hydrogen (secondary N) is 2. The summed E-state index contributed by atoms with van der Waals surface area (Å²) in [5.41, 5.74) is 5.27. The summed E-state index contributed by atoms with van der Waals surface area (Å²) in [5, 5.41) is 12.8. The Balaban J connectivity index is 1.26. The molecule has 8 heteroatoms. The van der Waals surface area contributed by atoms with E-state index in [2.05, 4.69) is 38.6 Å². The number of aromatic nitrogens is 2. The number of rotatable bonds is 7. The molecule has 1 aliphatic heterocycles. The van der Waals surface area contributed by atoms with Crippen LogP contribution in [0.3, 0.4) is 0 Å². The summed E-state index contributed by atoms with van der Waals surface area (Å²) in [5.74, 6) is -0.0632. The van der Waals surface area contributed by atoms with Crippen LogP contribution in [-0.2, 0) is 0 Å². The summed E-state index contributed by atoms with van der Waals surface area (Å²) in [6.07, 6.45) is 3.01. The molecule has 1 saturated heterocycles. The first-order valence-corrected chi connectivity index (χ1v) is 13.2. The van der Waals surface area contributed by atoms with E-state index in [1.54, 1.807) is 0 Å². The van der Waals surface area contributed by atoms with Crippen LogP contribution in [0.2, 0.25) is 5.02 Å². The summed E-state index contributed by atoms with van der Waals surface area (Å²) in [6, 6.07) is 19.6. The van der Waals surface area contributed by atoms with Crippen LogP contribution in [0.5, 0.6) is 0 Å². The van der Waals surface area contributed by atoms with Crippen molar-refractivity contribution in [2.75, 3.05) is 51.6 Å². The Labute approximate surface area is 223 Å². The van der Waals surface area contributed by atoms with Crippen molar-refractivity contribution in [3.05, 3.63) is 83.0 Å². The molecule has 1 aliphatic rings. The molecule has 1 amide bonds. The van der Waals surface area contributed by atoms with Crippen molar-refractivity contribution in [2.45, 2.75) is 13.3 Å². The zero-order valence-corrected chi connectivity index (χ0v) is 22.1. The predicted octanol–water partition coefficient (Wildman–Crippen LogP) is 5.10. The van der Waals surface area contributed by atoms with Gasteiger partial charge in [-0.1, -0.05) is 29.8 Å². The molecule has 0 spiro atoms. The molecule has 1 aromatic heterocycles. The summed E-state index contributed by atoms with van der Waals surface area (Å²) in [4.78, 5) is 17.7. The highest BCUT2D eigenvalue weighted by Gasteiger charge is 2.14. The average Bonchev–Trinajstić information content (AvgIpc) is 3.21. The Bertz CT molecular complexity index is 1400. The Morgan fingerprint density at radius 2 is 1.89 bits per heavy atom. The fourth-order valence-electron chi connectivity index (χ4n) is 4.75. The molecular formula is C29H33ClN6O. The zero-order chi connectivity index (χ0) is 25.8. The molecule has 5 rings (SSSR count). The number of nitrogens with zero attached hydrogens (tertiary/aromatic N) is 4. The molecule has 0 aliphatic carbocycles. The summed E-state index contributed by atoms with van der Waals surface area (Å²) in [6.45, 7) is 7.83.